The highest BCUT2D eigenvalue weighted by Gasteiger charge is 2.18. The molecule has 1 atom stereocenters. The molecule has 1 aliphatic heterocycles. The number of aliphatic hydroxyl groups is 2. The van der Waals surface area contributed by atoms with Gasteiger partial charge in [0.2, 0.25) is 12.0 Å². The van der Waals surface area contributed by atoms with Gasteiger partial charge in [-0.05, 0) is 12.1 Å². The Kier molecular flexibility index (Phi) is 2.94. The van der Waals surface area contributed by atoms with Gasteiger partial charge < -0.3 is 24.4 Å². The van der Waals surface area contributed by atoms with E-state index in [0.717, 1.165) is 0 Å². The molecular formula is C10H12O5. The maximum atomic E-state index is 9.14. The van der Waals surface area contributed by atoms with Gasteiger partial charge in [0.25, 0.3) is 0 Å². The minimum absolute atomic E-state index is 0.369. The SMILES string of the molecule is OCC(O)Oc1cccc2c1OCCO2. The summed E-state index contributed by atoms with van der Waals surface area (Å²) in [5, 5.41) is 17.8. The monoisotopic (exact) mass is 212 g/mol. The molecule has 5 heteroatoms. The van der Waals surface area contributed by atoms with Crippen LogP contribution in [0.25, 0.3) is 0 Å². The summed E-state index contributed by atoms with van der Waals surface area (Å²) in [5.74, 6) is 1.42. The molecule has 1 aliphatic rings. The Morgan fingerprint density at radius 3 is 2.93 bits per heavy atom. The van der Waals surface area contributed by atoms with E-state index in [1.807, 2.05) is 0 Å². The number of benzene rings is 1. The average Bonchev–Trinajstić information content (AvgIpc) is 2.29. The molecule has 1 aromatic rings. The van der Waals surface area contributed by atoms with Gasteiger partial charge in [-0.15, -0.1) is 0 Å². The van der Waals surface area contributed by atoms with Crippen molar-refractivity contribution in [3.05, 3.63) is 18.2 Å². The van der Waals surface area contributed by atoms with Gasteiger partial charge in [-0.1, -0.05) is 6.07 Å². The van der Waals surface area contributed by atoms with Crippen LogP contribution in [0.3, 0.4) is 0 Å². The molecule has 0 amide bonds. The summed E-state index contributed by atoms with van der Waals surface area (Å²) in [6.45, 7) is 0.478. The van der Waals surface area contributed by atoms with E-state index in [0.29, 0.717) is 30.5 Å². The second-order valence-corrected chi connectivity index (χ2v) is 3.04. The van der Waals surface area contributed by atoms with Crippen molar-refractivity contribution in [2.45, 2.75) is 6.29 Å². The van der Waals surface area contributed by atoms with E-state index in [1.165, 1.54) is 0 Å². The zero-order valence-corrected chi connectivity index (χ0v) is 8.05. The van der Waals surface area contributed by atoms with E-state index in [2.05, 4.69) is 0 Å². The van der Waals surface area contributed by atoms with Crippen molar-refractivity contribution in [3.8, 4) is 17.2 Å². The number of aliphatic hydroxyl groups excluding tert-OH is 2. The van der Waals surface area contributed by atoms with Crippen LogP contribution >= 0.6 is 0 Å². The average molecular weight is 212 g/mol. The molecule has 1 aromatic carbocycles. The number of fused-ring (bicyclic) bond motifs is 1. The Morgan fingerprint density at radius 1 is 1.33 bits per heavy atom. The predicted molar refractivity (Wildman–Crippen MR) is 51.2 cm³/mol. The molecule has 0 aromatic heterocycles. The van der Waals surface area contributed by atoms with Gasteiger partial charge in [-0.2, -0.15) is 0 Å². The number of hydrogen-bond donors (Lipinski definition) is 2. The lowest BCUT2D eigenvalue weighted by atomic mass is 10.3. The lowest BCUT2D eigenvalue weighted by molar-refractivity contribution is -0.0568. The van der Waals surface area contributed by atoms with Gasteiger partial charge in [0, 0.05) is 0 Å². The van der Waals surface area contributed by atoms with Crippen LogP contribution in [0.5, 0.6) is 17.2 Å². The maximum Gasteiger partial charge on any atom is 0.221 e. The molecule has 2 rings (SSSR count). The smallest absolute Gasteiger partial charge is 0.221 e. The van der Waals surface area contributed by atoms with Crippen LogP contribution in [0.1, 0.15) is 0 Å². The summed E-state index contributed by atoms with van der Waals surface area (Å²) < 4.78 is 15.7. The van der Waals surface area contributed by atoms with Crippen molar-refractivity contribution < 1.29 is 24.4 Å². The summed E-state index contributed by atoms with van der Waals surface area (Å²) in [6, 6.07) is 5.13. The fraction of sp³-hybridized carbons (Fsp3) is 0.400. The molecule has 1 heterocycles. The second-order valence-electron chi connectivity index (χ2n) is 3.04. The fourth-order valence-corrected chi connectivity index (χ4v) is 1.32. The van der Waals surface area contributed by atoms with Gasteiger partial charge in [-0.25, -0.2) is 0 Å². The first-order valence-electron chi connectivity index (χ1n) is 4.65. The number of ether oxygens (including phenoxy) is 3. The summed E-state index contributed by atoms with van der Waals surface area (Å²) in [6.07, 6.45) is -1.25. The molecule has 0 radical (unpaired) electrons. The van der Waals surface area contributed by atoms with E-state index in [9.17, 15) is 0 Å². The third-order valence-electron chi connectivity index (χ3n) is 1.95. The second kappa shape index (κ2) is 4.37. The van der Waals surface area contributed by atoms with Crippen LogP contribution < -0.4 is 14.2 Å². The highest BCUT2D eigenvalue weighted by molar-refractivity contribution is 5.51. The molecule has 15 heavy (non-hydrogen) atoms. The Bertz CT molecular complexity index is 339. The Morgan fingerprint density at radius 2 is 2.13 bits per heavy atom. The summed E-state index contributed by atoms with van der Waals surface area (Å²) in [7, 11) is 0. The maximum absolute atomic E-state index is 9.14. The van der Waals surface area contributed by atoms with Gasteiger partial charge in [0.05, 0.1) is 0 Å². The standard InChI is InChI=1S/C10H12O5/c11-6-9(12)15-8-3-1-2-7-10(8)14-5-4-13-7/h1-3,9,11-12H,4-6H2. The normalized spacial score (nSPS) is 15.9. The summed E-state index contributed by atoms with van der Waals surface area (Å²) in [5.41, 5.74) is 0. The molecule has 0 bridgehead atoms. The van der Waals surface area contributed by atoms with Gasteiger partial charge in [0.1, 0.15) is 19.8 Å². The number of rotatable bonds is 3. The Labute approximate surface area is 86.8 Å². The van der Waals surface area contributed by atoms with Crippen molar-refractivity contribution >= 4 is 0 Å². The van der Waals surface area contributed by atoms with Crippen molar-refractivity contribution in [1.29, 1.82) is 0 Å². The van der Waals surface area contributed by atoms with Crippen molar-refractivity contribution in [1.82, 2.24) is 0 Å². The van der Waals surface area contributed by atoms with Crippen LogP contribution in [-0.2, 0) is 0 Å². The lowest BCUT2D eigenvalue weighted by Crippen LogP contribution is -2.22. The van der Waals surface area contributed by atoms with Crippen molar-refractivity contribution in [2.75, 3.05) is 19.8 Å². The zero-order chi connectivity index (χ0) is 10.7. The first kappa shape index (κ1) is 10.1. The van der Waals surface area contributed by atoms with Gasteiger partial charge in [-0.3, -0.25) is 0 Å². The lowest BCUT2D eigenvalue weighted by Gasteiger charge is -2.21. The fourth-order valence-electron chi connectivity index (χ4n) is 1.32. The molecule has 5 nitrogen and oxygen atoms in total. The van der Waals surface area contributed by atoms with Crippen molar-refractivity contribution in [3.63, 3.8) is 0 Å². The quantitative estimate of drug-likeness (QED) is 0.698. The number of para-hydroxylation sites is 1. The van der Waals surface area contributed by atoms with E-state index < -0.39 is 12.9 Å². The first-order chi connectivity index (χ1) is 7.31. The van der Waals surface area contributed by atoms with Crippen LogP contribution in [0.4, 0.5) is 0 Å². The zero-order valence-electron chi connectivity index (χ0n) is 8.05. The first-order valence-corrected chi connectivity index (χ1v) is 4.65. The summed E-state index contributed by atoms with van der Waals surface area (Å²) in [4.78, 5) is 0. The molecule has 0 saturated heterocycles. The van der Waals surface area contributed by atoms with E-state index in [1.54, 1.807) is 18.2 Å². The summed E-state index contributed by atoms with van der Waals surface area (Å²) >= 11 is 0. The van der Waals surface area contributed by atoms with Gasteiger partial charge in [0.15, 0.2) is 11.5 Å². The van der Waals surface area contributed by atoms with E-state index in [4.69, 9.17) is 24.4 Å². The molecule has 82 valence electrons. The van der Waals surface area contributed by atoms with E-state index >= 15 is 0 Å². The molecule has 0 saturated carbocycles. The van der Waals surface area contributed by atoms with Gasteiger partial charge >= 0.3 is 0 Å². The molecule has 0 spiro atoms. The van der Waals surface area contributed by atoms with E-state index in [-0.39, 0.29) is 0 Å². The highest BCUT2D eigenvalue weighted by Crippen LogP contribution is 2.39. The van der Waals surface area contributed by atoms with Crippen LogP contribution in [-0.4, -0.2) is 36.3 Å². The third-order valence-corrected chi connectivity index (χ3v) is 1.95. The number of hydrogen-bond acceptors (Lipinski definition) is 5. The third kappa shape index (κ3) is 2.14. The van der Waals surface area contributed by atoms with Crippen LogP contribution in [0.2, 0.25) is 0 Å². The predicted octanol–water partition coefficient (Wildman–Crippen LogP) is 0.147. The molecule has 2 N–H and O–H groups in total. The van der Waals surface area contributed by atoms with Crippen LogP contribution in [0, 0.1) is 0 Å². The minimum Gasteiger partial charge on any atom is -0.486 e. The molecule has 0 fully saturated rings. The largest absolute Gasteiger partial charge is 0.486 e. The van der Waals surface area contributed by atoms with Crippen molar-refractivity contribution in [2.24, 2.45) is 0 Å². The Hall–Kier alpha value is -1.46. The minimum atomic E-state index is -1.25. The molecule has 0 aliphatic carbocycles. The Balaban J connectivity index is 2.23. The molecule has 1 unspecified atom stereocenters. The van der Waals surface area contributed by atoms with Crippen LogP contribution in [0.15, 0.2) is 18.2 Å². The molecular weight excluding hydrogens is 200 g/mol. The topological polar surface area (TPSA) is 68.2 Å². The highest BCUT2D eigenvalue weighted by atomic mass is 16.6.